The van der Waals surface area contributed by atoms with Crippen LogP contribution in [0.3, 0.4) is 0 Å². The van der Waals surface area contributed by atoms with Gasteiger partial charge in [0.05, 0.1) is 11.6 Å². The molecule has 1 aliphatic heterocycles. The highest BCUT2D eigenvalue weighted by molar-refractivity contribution is 6.35. The van der Waals surface area contributed by atoms with Crippen molar-refractivity contribution in [3.8, 4) is 16.9 Å². The van der Waals surface area contributed by atoms with Crippen LogP contribution in [-0.4, -0.2) is 17.5 Å². The summed E-state index contributed by atoms with van der Waals surface area (Å²) in [6.45, 7) is 2.38. The summed E-state index contributed by atoms with van der Waals surface area (Å²) in [5.41, 5.74) is 2.99. The molecular weight excluding hydrogens is 381 g/mol. The summed E-state index contributed by atoms with van der Waals surface area (Å²) in [6, 6.07) is 6.84. The number of hydrogen-bond donors (Lipinski definition) is 0. The second-order valence-electron chi connectivity index (χ2n) is 7.09. The average Bonchev–Trinajstić information content (AvgIpc) is 2.69. The SMILES string of the molecule is Cc1ccc2c(=O)n(C)c(CC=O)c(-c3cc(F)c4c(c3Cl)CCCO4)c2c1. The maximum Gasteiger partial charge on any atom is 0.258 e. The number of halogens is 2. The average molecular weight is 400 g/mol. The quantitative estimate of drug-likeness (QED) is 0.614. The maximum absolute atomic E-state index is 14.9. The number of hydrogen-bond acceptors (Lipinski definition) is 3. The molecule has 2 heterocycles. The van der Waals surface area contributed by atoms with E-state index in [1.807, 2.05) is 19.1 Å². The molecule has 6 heteroatoms. The zero-order valence-corrected chi connectivity index (χ0v) is 16.4. The van der Waals surface area contributed by atoms with Crippen LogP contribution in [0.15, 0.2) is 29.1 Å². The molecule has 0 radical (unpaired) electrons. The number of rotatable bonds is 3. The lowest BCUT2D eigenvalue weighted by Gasteiger charge is -2.23. The molecule has 1 aromatic heterocycles. The molecular formula is C22H19ClFNO3. The molecule has 0 bridgehead atoms. The van der Waals surface area contributed by atoms with Gasteiger partial charge in [-0.05, 0) is 37.3 Å². The summed E-state index contributed by atoms with van der Waals surface area (Å²) >= 11 is 6.72. The van der Waals surface area contributed by atoms with Crippen LogP contribution in [0.4, 0.5) is 4.39 Å². The van der Waals surface area contributed by atoms with Crippen LogP contribution in [0.25, 0.3) is 21.9 Å². The van der Waals surface area contributed by atoms with E-state index in [2.05, 4.69) is 0 Å². The van der Waals surface area contributed by atoms with Crippen LogP contribution < -0.4 is 10.3 Å². The Morgan fingerprint density at radius 1 is 1.29 bits per heavy atom. The molecule has 0 fully saturated rings. The summed E-state index contributed by atoms with van der Waals surface area (Å²) in [4.78, 5) is 24.2. The Bertz CT molecular complexity index is 1180. The molecule has 0 atom stereocenters. The molecule has 0 saturated carbocycles. The zero-order valence-electron chi connectivity index (χ0n) is 15.6. The standard InChI is InChI=1S/C22H19ClFNO3/c1-12-5-6-13-15(10-12)19(18(7-8-26)25(2)22(13)27)16-11-17(24)21-14(20(16)23)4-3-9-28-21/h5-6,8,10-11H,3-4,7,9H2,1-2H3. The fourth-order valence-electron chi connectivity index (χ4n) is 3.94. The lowest BCUT2D eigenvalue weighted by Crippen LogP contribution is -2.22. The largest absolute Gasteiger partial charge is 0.490 e. The first-order valence-electron chi connectivity index (χ1n) is 9.14. The number of carbonyl (C=O) groups excluding carboxylic acids is 1. The van der Waals surface area contributed by atoms with Crippen LogP contribution in [0.1, 0.15) is 23.2 Å². The molecule has 3 aromatic rings. The van der Waals surface area contributed by atoms with Gasteiger partial charge in [0.1, 0.15) is 6.29 Å². The van der Waals surface area contributed by atoms with Gasteiger partial charge in [-0.15, -0.1) is 0 Å². The maximum atomic E-state index is 14.9. The van der Waals surface area contributed by atoms with Crippen molar-refractivity contribution < 1.29 is 13.9 Å². The summed E-state index contributed by atoms with van der Waals surface area (Å²) in [5.74, 6) is -0.289. The Labute approximate surface area is 166 Å². The summed E-state index contributed by atoms with van der Waals surface area (Å²) in [6.07, 6.45) is 2.14. The van der Waals surface area contributed by atoms with E-state index in [9.17, 15) is 14.0 Å². The fraction of sp³-hybridized carbons (Fsp3) is 0.273. The van der Waals surface area contributed by atoms with E-state index in [4.69, 9.17) is 16.3 Å². The number of benzene rings is 2. The number of aromatic nitrogens is 1. The second kappa shape index (κ2) is 7.06. The first-order chi connectivity index (χ1) is 13.4. The molecule has 0 spiro atoms. The van der Waals surface area contributed by atoms with Crippen LogP contribution in [-0.2, 0) is 24.7 Å². The highest BCUT2D eigenvalue weighted by Gasteiger charge is 2.25. The molecule has 0 saturated heterocycles. The van der Waals surface area contributed by atoms with Crippen molar-refractivity contribution in [2.75, 3.05) is 6.61 Å². The van der Waals surface area contributed by atoms with Crippen molar-refractivity contribution in [1.29, 1.82) is 0 Å². The van der Waals surface area contributed by atoms with Crippen molar-refractivity contribution in [2.45, 2.75) is 26.2 Å². The molecule has 4 nitrogen and oxygen atoms in total. The predicted octanol–water partition coefficient (Wildman–Crippen LogP) is 4.37. The predicted molar refractivity (Wildman–Crippen MR) is 108 cm³/mol. The first kappa shape index (κ1) is 18.7. The molecule has 1 aliphatic rings. The number of fused-ring (bicyclic) bond motifs is 2. The van der Waals surface area contributed by atoms with E-state index in [0.29, 0.717) is 51.2 Å². The van der Waals surface area contributed by atoms with E-state index >= 15 is 0 Å². The summed E-state index contributed by atoms with van der Waals surface area (Å²) in [7, 11) is 1.62. The zero-order chi connectivity index (χ0) is 20.0. The van der Waals surface area contributed by atoms with Gasteiger partial charge in [-0.2, -0.15) is 0 Å². The van der Waals surface area contributed by atoms with Gasteiger partial charge in [0.15, 0.2) is 11.6 Å². The number of aryl methyl sites for hydroxylation is 1. The van der Waals surface area contributed by atoms with E-state index in [-0.39, 0.29) is 17.7 Å². The fourth-order valence-corrected chi connectivity index (χ4v) is 4.27. The van der Waals surface area contributed by atoms with Crippen molar-refractivity contribution in [2.24, 2.45) is 7.05 Å². The van der Waals surface area contributed by atoms with Crippen molar-refractivity contribution in [1.82, 2.24) is 4.57 Å². The molecule has 28 heavy (non-hydrogen) atoms. The van der Waals surface area contributed by atoms with Gasteiger partial charge in [0, 0.05) is 41.2 Å². The lowest BCUT2D eigenvalue weighted by molar-refractivity contribution is -0.107. The highest BCUT2D eigenvalue weighted by Crippen LogP contribution is 2.43. The number of carbonyl (C=O) groups is 1. The second-order valence-corrected chi connectivity index (χ2v) is 7.46. The van der Waals surface area contributed by atoms with Crippen molar-refractivity contribution in [3.63, 3.8) is 0 Å². The smallest absolute Gasteiger partial charge is 0.258 e. The van der Waals surface area contributed by atoms with Gasteiger partial charge in [-0.25, -0.2) is 4.39 Å². The Balaban J connectivity index is 2.17. The van der Waals surface area contributed by atoms with Crippen molar-refractivity contribution in [3.05, 3.63) is 62.3 Å². The number of nitrogens with zero attached hydrogens (tertiary/aromatic N) is 1. The van der Waals surface area contributed by atoms with E-state index in [1.165, 1.54) is 10.6 Å². The third-order valence-electron chi connectivity index (χ3n) is 5.30. The molecule has 144 valence electrons. The van der Waals surface area contributed by atoms with Crippen LogP contribution >= 0.6 is 11.6 Å². The lowest BCUT2D eigenvalue weighted by atomic mass is 9.92. The molecule has 4 rings (SSSR count). The number of pyridine rings is 1. The van der Waals surface area contributed by atoms with Crippen molar-refractivity contribution >= 4 is 28.7 Å². The Morgan fingerprint density at radius 3 is 2.82 bits per heavy atom. The molecule has 0 unspecified atom stereocenters. The number of aldehydes is 1. The molecule has 0 N–H and O–H groups in total. The first-order valence-corrected chi connectivity index (χ1v) is 9.51. The van der Waals surface area contributed by atoms with Crippen LogP contribution in [0, 0.1) is 12.7 Å². The third kappa shape index (κ3) is 2.81. The van der Waals surface area contributed by atoms with Gasteiger partial charge >= 0.3 is 0 Å². The van der Waals surface area contributed by atoms with Gasteiger partial charge < -0.3 is 14.1 Å². The minimum absolute atomic E-state index is 0.0243. The third-order valence-corrected chi connectivity index (χ3v) is 5.73. The highest BCUT2D eigenvalue weighted by atomic mass is 35.5. The Morgan fingerprint density at radius 2 is 2.07 bits per heavy atom. The topological polar surface area (TPSA) is 48.3 Å². The van der Waals surface area contributed by atoms with Crippen LogP contribution in [0.5, 0.6) is 5.75 Å². The van der Waals surface area contributed by atoms with Gasteiger partial charge in [0.2, 0.25) is 0 Å². The van der Waals surface area contributed by atoms with E-state index < -0.39 is 5.82 Å². The summed E-state index contributed by atoms with van der Waals surface area (Å²) in [5, 5.41) is 1.57. The summed E-state index contributed by atoms with van der Waals surface area (Å²) < 4.78 is 21.8. The Hall–Kier alpha value is -2.66. The molecule has 0 aliphatic carbocycles. The minimum Gasteiger partial charge on any atom is -0.490 e. The molecule has 0 amide bonds. The Kier molecular flexibility index (Phi) is 4.71. The van der Waals surface area contributed by atoms with Crippen LogP contribution in [0.2, 0.25) is 5.02 Å². The van der Waals surface area contributed by atoms with E-state index in [0.717, 1.165) is 18.3 Å². The van der Waals surface area contributed by atoms with Gasteiger partial charge in [-0.1, -0.05) is 29.3 Å². The monoisotopic (exact) mass is 399 g/mol. The number of ether oxygens (including phenoxy) is 1. The molecule has 2 aromatic carbocycles. The van der Waals surface area contributed by atoms with E-state index in [1.54, 1.807) is 13.1 Å². The minimum atomic E-state index is -0.485. The normalized spacial score (nSPS) is 13.3. The van der Waals surface area contributed by atoms with Gasteiger partial charge in [-0.3, -0.25) is 4.79 Å². The van der Waals surface area contributed by atoms with Gasteiger partial charge in [0.25, 0.3) is 5.56 Å².